The van der Waals surface area contributed by atoms with Crippen LogP contribution in [0.25, 0.3) is 0 Å². The number of benzene rings is 2. The number of carbonyl (C=O) groups excluding carboxylic acids is 1. The molecule has 0 unspecified atom stereocenters. The molecule has 0 atom stereocenters. The minimum Gasteiger partial charge on any atom is -0.369 e. The van der Waals surface area contributed by atoms with Crippen LogP contribution >= 0.6 is 0 Å². The van der Waals surface area contributed by atoms with Crippen LogP contribution in [0.3, 0.4) is 0 Å². The van der Waals surface area contributed by atoms with Crippen LogP contribution in [0.5, 0.6) is 0 Å². The van der Waals surface area contributed by atoms with Crippen molar-refractivity contribution in [3.63, 3.8) is 0 Å². The zero-order valence-electron chi connectivity index (χ0n) is 16.8. The lowest BCUT2D eigenvalue weighted by Gasteiger charge is -2.40. The van der Waals surface area contributed by atoms with Gasteiger partial charge in [0.25, 0.3) is 5.91 Å². The number of hydrogen-bond acceptors (Lipinski definition) is 4. The van der Waals surface area contributed by atoms with Crippen LogP contribution in [0, 0.1) is 6.92 Å². The fraction of sp³-hybridized carbons (Fsp3) is 0.435. The van der Waals surface area contributed by atoms with E-state index < -0.39 is 0 Å². The second kappa shape index (κ2) is 6.82. The van der Waals surface area contributed by atoms with Crippen LogP contribution in [-0.2, 0) is 0 Å². The molecule has 1 aliphatic carbocycles. The quantitative estimate of drug-likeness (QED) is 0.822. The van der Waals surface area contributed by atoms with Crippen molar-refractivity contribution in [2.75, 3.05) is 54.6 Å². The molecule has 2 aromatic carbocycles. The molecule has 0 N–H and O–H groups in total. The maximum Gasteiger partial charge on any atom is 0.261 e. The van der Waals surface area contributed by atoms with Crippen molar-refractivity contribution in [3.8, 4) is 0 Å². The largest absolute Gasteiger partial charge is 0.369 e. The lowest BCUT2D eigenvalue weighted by atomic mass is 10.0. The summed E-state index contributed by atoms with van der Waals surface area (Å²) in [5, 5.41) is 0. The van der Waals surface area contributed by atoms with Crippen molar-refractivity contribution in [1.82, 2.24) is 4.90 Å². The maximum absolute atomic E-state index is 13.5. The van der Waals surface area contributed by atoms with Crippen molar-refractivity contribution in [2.45, 2.75) is 25.8 Å². The Morgan fingerprint density at radius 2 is 1.68 bits per heavy atom. The van der Waals surface area contributed by atoms with Crippen molar-refractivity contribution >= 4 is 23.0 Å². The molecule has 146 valence electrons. The highest BCUT2D eigenvalue weighted by atomic mass is 16.2. The Labute approximate surface area is 167 Å². The molecular weight excluding hydrogens is 348 g/mol. The Balaban J connectivity index is 1.53. The highest BCUT2D eigenvalue weighted by Gasteiger charge is 2.38. The summed E-state index contributed by atoms with van der Waals surface area (Å²) in [5.74, 6) is 0.122. The van der Waals surface area contributed by atoms with Crippen LogP contribution in [0.4, 0.5) is 17.1 Å². The molecule has 0 aromatic heterocycles. The molecule has 0 spiro atoms. The van der Waals surface area contributed by atoms with Gasteiger partial charge in [-0.2, -0.15) is 0 Å². The van der Waals surface area contributed by atoms with Crippen molar-refractivity contribution in [1.29, 1.82) is 0 Å². The van der Waals surface area contributed by atoms with Gasteiger partial charge in [0.05, 0.1) is 17.9 Å². The second-order valence-corrected chi connectivity index (χ2v) is 8.35. The van der Waals surface area contributed by atoms with Crippen molar-refractivity contribution in [2.24, 2.45) is 0 Å². The van der Waals surface area contributed by atoms with Gasteiger partial charge in [-0.3, -0.25) is 9.69 Å². The van der Waals surface area contributed by atoms with Gasteiger partial charge in [-0.15, -0.1) is 0 Å². The van der Waals surface area contributed by atoms with Crippen LogP contribution in [0.2, 0.25) is 0 Å². The van der Waals surface area contributed by atoms with Crippen LogP contribution in [0.1, 0.15) is 28.8 Å². The molecule has 0 bridgehead atoms. The Kier molecular flexibility index (Phi) is 4.27. The Morgan fingerprint density at radius 1 is 0.929 bits per heavy atom. The Hall–Kier alpha value is -2.53. The fourth-order valence-electron chi connectivity index (χ4n) is 4.40. The first-order valence-corrected chi connectivity index (χ1v) is 10.3. The molecule has 5 rings (SSSR count). The molecule has 5 heteroatoms. The Morgan fingerprint density at radius 3 is 2.39 bits per heavy atom. The summed E-state index contributed by atoms with van der Waals surface area (Å²) in [4.78, 5) is 22.7. The van der Waals surface area contributed by atoms with Gasteiger partial charge >= 0.3 is 0 Å². The molecule has 5 nitrogen and oxygen atoms in total. The third-order valence-electron chi connectivity index (χ3n) is 6.32. The third kappa shape index (κ3) is 3.04. The van der Waals surface area contributed by atoms with Gasteiger partial charge < -0.3 is 14.7 Å². The van der Waals surface area contributed by atoms with Crippen molar-refractivity contribution < 1.29 is 4.79 Å². The van der Waals surface area contributed by atoms with Crippen LogP contribution < -0.4 is 14.7 Å². The molecule has 3 aliphatic rings. The van der Waals surface area contributed by atoms with Gasteiger partial charge in [-0.25, -0.2) is 0 Å². The predicted molar refractivity (Wildman–Crippen MR) is 115 cm³/mol. The maximum atomic E-state index is 13.5. The van der Waals surface area contributed by atoms with E-state index in [0.29, 0.717) is 12.7 Å². The number of fused-ring (bicyclic) bond motifs is 1. The summed E-state index contributed by atoms with van der Waals surface area (Å²) in [6, 6.07) is 15.3. The number of carbonyl (C=O) groups is 1. The molecule has 28 heavy (non-hydrogen) atoms. The number of aryl methyl sites for hydroxylation is 1. The number of hydrogen-bond donors (Lipinski definition) is 0. The standard InChI is InChI=1S/C23H28N4O/c1-17-5-3-4-6-21(17)27-16-26(18-7-8-18)22-10-9-19(15-20(22)23(27)28)25-13-11-24(2)12-14-25/h3-6,9-10,15,18H,7-8,11-14,16H2,1-2H3. The molecule has 1 amide bonds. The van der Waals surface area contributed by atoms with Gasteiger partial charge in [0, 0.05) is 43.6 Å². The summed E-state index contributed by atoms with van der Waals surface area (Å²) < 4.78 is 0. The number of para-hydroxylation sites is 1. The van der Waals surface area contributed by atoms with E-state index in [9.17, 15) is 4.79 Å². The number of amides is 1. The summed E-state index contributed by atoms with van der Waals surface area (Å²) in [7, 11) is 2.17. The zero-order chi connectivity index (χ0) is 19.3. The van der Waals surface area contributed by atoms with E-state index in [-0.39, 0.29) is 5.91 Å². The lowest BCUT2D eigenvalue weighted by molar-refractivity contribution is 0.0982. The van der Waals surface area contributed by atoms with Gasteiger partial charge in [0.15, 0.2) is 0 Å². The molecule has 2 aliphatic heterocycles. The molecule has 1 saturated carbocycles. The zero-order valence-corrected chi connectivity index (χ0v) is 16.8. The summed E-state index contributed by atoms with van der Waals surface area (Å²) in [6.07, 6.45) is 2.44. The number of rotatable bonds is 3. The van der Waals surface area contributed by atoms with E-state index in [1.54, 1.807) is 0 Å². The Bertz CT molecular complexity index is 899. The molecular formula is C23H28N4O. The molecule has 2 aromatic rings. The highest BCUT2D eigenvalue weighted by Crippen LogP contribution is 2.40. The third-order valence-corrected chi connectivity index (χ3v) is 6.32. The van der Waals surface area contributed by atoms with Gasteiger partial charge in [-0.05, 0) is 56.6 Å². The first-order valence-electron chi connectivity index (χ1n) is 10.3. The lowest BCUT2D eigenvalue weighted by Crippen LogP contribution is -2.48. The number of piperazine rings is 1. The topological polar surface area (TPSA) is 30.0 Å². The van der Waals surface area contributed by atoms with Gasteiger partial charge in [0.2, 0.25) is 0 Å². The number of likely N-dealkylation sites (N-methyl/N-ethyl adjacent to an activating group) is 1. The summed E-state index contributed by atoms with van der Waals surface area (Å²) in [5.41, 5.74) is 5.29. The van der Waals surface area contributed by atoms with E-state index in [0.717, 1.165) is 48.7 Å². The normalized spacial score (nSPS) is 20.5. The number of nitrogens with zero attached hydrogens (tertiary/aromatic N) is 4. The van der Waals surface area contributed by atoms with Crippen LogP contribution in [0.15, 0.2) is 42.5 Å². The van der Waals surface area contributed by atoms with E-state index in [1.165, 1.54) is 18.5 Å². The highest BCUT2D eigenvalue weighted by molar-refractivity contribution is 6.12. The second-order valence-electron chi connectivity index (χ2n) is 8.35. The number of anilines is 3. The molecule has 1 saturated heterocycles. The molecule has 0 radical (unpaired) electrons. The van der Waals surface area contributed by atoms with E-state index >= 15 is 0 Å². The summed E-state index contributed by atoms with van der Waals surface area (Å²) >= 11 is 0. The summed E-state index contributed by atoms with van der Waals surface area (Å²) in [6.45, 7) is 6.88. The minimum atomic E-state index is 0.122. The first kappa shape index (κ1) is 17.6. The van der Waals surface area contributed by atoms with Gasteiger partial charge in [-0.1, -0.05) is 18.2 Å². The van der Waals surface area contributed by atoms with E-state index in [1.807, 2.05) is 17.0 Å². The van der Waals surface area contributed by atoms with Crippen LogP contribution in [-0.4, -0.2) is 56.7 Å². The smallest absolute Gasteiger partial charge is 0.261 e. The van der Waals surface area contributed by atoms with Crippen molar-refractivity contribution in [3.05, 3.63) is 53.6 Å². The molecule has 2 heterocycles. The first-order chi connectivity index (χ1) is 13.6. The van der Waals surface area contributed by atoms with Gasteiger partial charge in [0.1, 0.15) is 0 Å². The fourth-order valence-corrected chi connectivity index (χ4v) is 4.40. The molecule has 2 fully saturated rings. The monoisotopic (exact) mass is 376 g/mol. The SMILES string of the molecule is Cc1ccccc1N1CN(C2CC2)c2ccc(N3CCN(C)CC3)cc2C1=O. The predicted octanol–water partition coefficient (Wildman–Crippen LogP) is 3.33. The van der Waals surface area contributed by atoms with E-state index in [4.69, 9.17) is 0 Å². The van der Waals surface area contributed by atoms with E-state index in [2.05, 4.69) is 59.0 Å². The average molecular weight is 377 g/mol. The average Bonchev–Trinajstić information content (AvgIpc) is 3.55. The minimum absolute atomic E-state index is 0.122.